The standard InChI is InChI=1S/C19H20F3N3O3S/c1-13(14-3-2-4-16(11-14)19(20,21)22)24-17-6-5-15(12-23-17)18(26)25-7-9-29(27,28)10-8-25/h2-6,11-13H,7-10H2,1H3,(H,23,24). The van der Waals surface area contributed by atoms with E-state index in [9.17, 15) is 26.4 Å². The fourth-order valence-electron chi connectivity index (χ4n) is 2.99. The average molecular weight is 427 g/mol. The topological polar surface area (TPSA) is 79.4 Å². The Kier molecular flexibility index (Phi) is 5.83. The molecule has 1 aliphatic heterocycles. The summed E-state index contributed by atoms with van der Waals surface area (Å²) in [5.41, 5.74) is 0.0546. The minimum Gasteiger partial charge on any atom is -0.364 e. The van der Waals surface area contributed by atoms with Gasteiger partial charge >= 0.3 is 6.18 Å². The van der Waals surface area contributed by atoms with E-state index < -0.39 is 27.6 Å². The molecule has 2 heterocycles. The number of amides is 1. The van der Waals surface area contributed by atoms with Gasteiger partial charge in [0.25, 0.3) is 5.91 Å². The number of nitrogens with one attached hydrogen (secondary N) is 1. The third kappa shape index (κ3) is 5.26. The minimum atomic E-state index is -4.41. The lowest BCUT2D eigenvalue weighted by molar-refractivity contribution is -0.137. The van der Waals surface area contributed by atoms with Crippen LogP contribution >= 0.6 is 0 Å². The Morgan fingerprint density at radius 1 is 1.17 bits per heavy atom. The number of benzene rings is 1. The first kappa shape index (κ1) is 21.1. The summed E-state index contributed by atoms with van der Waals surface area (Å²) in [5.74, 6) is -0.00164. The molecule has 2 aromatic rings. The van der Waals surface area contributed by atoms with Crippen LogP contribution in [0.2, 0.25) is 0 Å². The minimum absolute atomic E-state index is 0.0552. The van der Waals surface area contributed by atoms with Gasteiger partial charge in [-0.05, 0) is 36.8 Å². The summed E-state index contributed by atoms with van der Waals surface area (Å²) in [4.78, 5) is 18.1. The van der Waals surface area contributed by atoms with Gasteiger partial charge in [-0.1, -0.05) is 12.1 Å². The summed E-state index contributed by atoms with van der Waals surface area (Å²) in [6, 6.07) is 7.73. The van der Waals surface area contributed by atoms with Gasteiger partial charge < -0.3 is 10.2 Å². The van der Waals surface area contributed by atoms with Crippen molar-refractivity contribution in [1.29, 1.82) is 0 Å². The van der Waals surface area contributed by atoms with Crippen molar-refractivity contribution in [2.75, 3.05) is 29.9 Å². The Balaban J connectivity index is 1.65. The zero-order valence-electron chi connectivity index (χ0n) is 15.6. The number of carbonyl (C=O) groups excluding carboxylic acids is 1. The van der Waals surface area contributed by atoms with E-state index in [0.29, 0.717) is 16.9 Å². The van der Waals surface area contributed by atoms with Gasteiger partial charge in [0.05, 0.1) is 22.6 Å². The molecule has 1 fully saturated rings. The molecule has 29 heavy (non-hydrogen) atoms. The predicted octanol–water partition coefficient (Wildman–Crippen LogP) is 3.14. The lowest BCUT2D eigenvalue weighted by Crippen LogP contribution is -2.43. The van der Waals surface area contributed by atoms with Crippen LogP contribution in [0.4, 0.5) is 19.0 Å². The van der Waals surface area contributed by atoms with Gasteiger partial charge in [0.2, 0.25) is 0 Å². The Hall–Kier alpha value is -2.62. The third-order valence-electron chi connectivity index (χ3n) is 4.72. The molecule has 1 N–H and O–H groups in total. The van der Waals surface area contributed by atoms with Crippen molar-refractivity contribution in [3.63, 3.8) is 0 Å². The van der Waals surface area contributed by atoms with Crippen molar-refractivity contribution in [3.05, 3.63) is 59.3 Å². The fourth-order valence-corrected chi connectivity index (χ4v) is 4.19. The molecule has 1 saturated heterocycles. The van der Waals surface area contributed by atoms with Gasteiger partial charge in [-0.2, -0.15) is 13.2 Å². The zero-order valence-corrected chi connectivity index (χ0v) is 16.4. The second kappa shape index (κ2) is 8.02. The van der Waals surface area contributed by atoms with Crippen LogP contribution in [-0.2, 0) is 16.0 Å². The van der Waals surface area contributed by atoms with E-state index >= 15 is 0 Å². The molecule has 3 rings (SSSR count). The number of sulfone groups is 1. The van der Waals surface area contributed by atoms with Crippen LogP contribution in [0.3, 0.4) is 0 Å². The Bertz CT molecular complexity index is 978. The van der Waals surface area contributed by atoms with E-state index in [1.165, 1.54) is 17.2 Å². The first-order valence-corrected chi connectivity index (χ1v) is 10.8. The second-order valence-corrected chi connectivity index (χ2v) is 9.17. The molecule has 0 saturated carbocycles. The van der Waals surface area contributed by atoms with Crippen molar-refractivity contribution in [2.45, 2.75) is 19.1 Å². The highest BCUT2D eigenvalue weighted by atomic mass is 32.2. The van der Waals surface area contributed by atoms with Gasteiger partial charge in [-0.25, -0.2) is 13.4 Å². The Labute approximate surface area is 166 Å². The SMILES string of the molecule is CC(Nc1ccc(C(=O)N2CCS(=O)(=O)CC2)cn1)c1cccc(C(F)(F)F)c1. The smallest absolute Gasteiger partial charge is 0.364 e. The molecule has 1 aliphatic rings. The zero-order chi connectivity index (χ0) is 21.2. The molecule has 10 heteroatoms. The number of carbonyl (C=O) groups is 1. The number of alkyl halides is 3. The lowest BCUT2D eigenvalue weighted by atomic mass is 10.0. The van der Waals surface area contributed by atoms with Gasteiger partial charge in [0.15, 0.2) is 9.84 Å². The molecule has 6 nitrogen and oxygen atoms in total. The molecule has 0 spiro atoms. The second-order valence-electron chi connectivity index (χ2n) is 6.87. The summed E-state index contributed by atoms with van der Waals surface area (Å²) >= 11 is 0. The van der Waals surface area contributed by atoms with Crippen LogP contribution in [0.1, 0.15) is 34.5 Å². The van der Waals surface area contributed by atoms with Gasteiger partial charge in [-0.15, -0.1) is 0 Å². The van der Waals surface area contributed by atoms with E-state index in [-0.39, 0.29) is 30.5 Å². The van der Waals surface area contributed by atoms with Crippen molar-refractivity contribution in [3.8, 4) is 0 Å². The predicted molar refractivity (Wildman–Crippen MR) is 102 cm³/mol. The number of nitrogens with zero attached hydrogens (tertiary/aromatic N) is 2. The number of pyridine rings is 1. The molecule has 156 valence electrons. The van der Waals surface area contributed by atoms with E-state index in [4.69, 9.17) is 0 Å². The van der Waals surface area contributed by atoms with Gasteiger partial charge in [-0.3, -0.25) is 4.79 Å². The van der Waals surface area contributed by atoms with Crippen LogP contribution in [0.5, 0.6) is 0 Å². The largest absolute Gasteiger partial charge is 0.416 e. The lowest BCUT2D eigenvalue weighted by Gasteiger charge is -2.26. The summed E-state index contributed by atoms with van der Waals surface area (Å²) in [6.45, 7) is 2.01. The average Bonchev–Trinajstić information content (AvgIpc) is 2.67. The highest BCUT2D eigenvalue weighted by molar-refractivity contribution is 7.91. The van der Waals surface area contributed by atoms with E-state index in [0.717, 1.165) is 12.1 Å². The quantitative estimate of drug-likeness (QED) is 0.811. The van der Waals surface area contributed by atoms with Crippen LogP contribution < -0.4 is 5.32 Å². The van der Waals surface area contributed by atoms with E-state index in [1.807, 2.05) is 0 Å². The monoisotopic (exact) mass is 427 g/mol. The number of rotatable bonds is 4. The van der Waals surface area contributed by atoms with Crippen LogP contribution in [0.25, 0.3) is 0 Å². The van der Waals surface area contributed by atoms with Gasteiger partial charge in [0.1, 0.15) is 5.82 Å². The summed E-state index contributed by atoms with van der Waals surface area (Å²) in [7, 11) is -3.08. The normalized spacial score (nSPS) is 17.6. The van der Waals surface area contributed by atoms with Crippen LogP contribution in [0.15, 0.2) is 42.6 Å². The number of halogens is 3. The van der Waals surface area contributed by atoms with Crippen LogP contribution in [0, 0.1) is 0 Å². The summed E-state index contributed by atoms with van der Waals surface area (Å²) in [5, 5.41) is 3.01. The molecule has 1 atom stereocenters. The maximum atomic E-state index is 12.9. The third-order valence-corrected chi connectivity index (χ3v) is 6.33. The Morgan fingerprint density at radius 3 is 2.45 bits per heavy atom. The van der Waals surface area contributed by atoms with E-state index in [1.54, 1.807) is 25.1 Å². The van der Waals surface area contributed by atoms with Crippen molar-refractivity contribution >= 4 is 21.6 Å². The summed E-state index contributed by atoms with van der Waals surface area (Å²) < 4.78 is 61.6. The van der Waals surface area contributed by atoms with Crippen molar-refractivity contribution < 1.29 is 26.4 Å². The molecule has 0 bridgehead atoms. The summed E-state index contributed by atoms with van der Waals surface area (Å²) in [6.07, 6.45) is -3.05. The highest BCUT2D eigenvalue weighted by Gasteiger charge is 2.30. The molecule has 1 unspecified atom stereocenters. The Morgan fingerprint density at radius 2 is 1.86 bits per heavy atom. The number of hydrogen-bond acceptors (Lipinski definition) is 5. The number of aromatic nitrogens is 1. The van der Waals surface area contributed by atoms with E-state index in [2.05, 4.69) is 10.3 Å². The highest BCUT2D eigenvalue weighted by Crippen LogP contribution is 2.31. The molecule has 1 aromatic heterocycles. The number of anilines is 1. The molecule has 1 amide bonds. The first-order chi connectivity index (χ1) is 13.5. The molecular weight excluding hydrogens is 407 g/mol. The number of hydrogen-bond donors (Lipinski definition) is 1. The van der Waals surface area contributed by atoms with Crippen LogP contribution in [-0.4, -0.2) is 48.8 Å². The fraction of sp³-hybridized carbons (Fsp3) is 0.368. The maximum Gasteiger partial charge on any atom is 0.416 e. The molecule has 1 aromatic carbocycles. The van der Waals surface area contributed by atoms with Crippen molar-refractivity contribution in [1.82, 2.24) is 9.88 Å². The molecule has 0 radical (unpaired) electrons. The first-order valence-electron chi connectivity index (χ1n) is 8.95. The van der Waals surface area contributed by atoms with Crippen molar-refractivity contribution in [2.24, 2.45) is 0 Å². The molecular formula is C19H20F3N3O3S. The molecule has 0 aliphatic carbocycles. The maximum absolute atomic E-state index is 12.9. The van der Waals surface area contributed by atoms with Gasteiger partial charge in [0, 0.05) is 25.3 Å².